The summed E-state index contributed by atoms with van der Waals surface area (Å²) in [5.74, 6) is 0.268. The fourth-order valence-electron chi connectivity index (χ4n) is 2.51. The van der Waals surface area contributed by atoms with E-state index in [0.717, 1.165) is 29.6 Å². The number of allylic oxidation sites excluding steroid dienone is 2. The fraction of sp³-hybridized carbons (Fsp3) is 0.389. The highest BCUT2D eigenvalue weighted by molar-refractivity contribution is 5.73. The van der Waals surface area contributed by atoms with Gasteiger partial charge in [-0.15, -0.1) is 0 Å². The van der Waals surface area contributed by atoms with Crippen molar-refractivity contribution in [2.24, 2.45) is 5.92 Å². The molecule has 2 rings (SSSR count). The number of carbonyl (C=O) groups excluding carboxylic acids is 1. The van der Waals surface area contributed by atoms with E-state index in [0.29, 0.717) is 12.3 Å². The quantitative estimate of drug-likeness (QED) is 0.609. The summed E-state index contributed by atoms with van der Waals surface area (Å²) >= 11 is 0. The Morgan fingerprint density at radius 1 is 1.35 bits per heavy atom. The molecule has 1 aromatic rings. The van der Waals surface area contributed by atoms with Gasteiger partial charge in [-0.05, 0) is 43.7 Å². The lowest BCUT2D eigenvalue weighted by Gasteiger charge is -2.28. The Balaban J connectivity index is 1.95. The molecule has 0 bridgehead atoms. The summed E-state index contributed by atoms with van der Waals surface area (Å²) in [5, 5.41) is 0. The molecule has 2 heteroatoms. The minimum Gasteiger partial charge on any atom is -0.458 e. The van der Waals surface area contributed by atoms with Gasteiger partial charge in [-0.2, -0.15) is 0 Å². The normalized spacial score (nSPS) is 22.0. The zero-order chi connectivity index (χ0) is 14.5. The predicted molar refractivity (Wildman–Crippen MR) is 81.3 cm³/mol. The van der Waals surface area contributed by atoms with Crippen molar-refractivity contribution in [1.29, 1.82) is 0 Å². The summed E-state index contributed by atoms with van der Waals surface area (Å²) in [6.45, 7) is 8.10. The molecule has 0 saturated carbocycles. The van der Waals surface area contributed by atoms with Gasteiger partial charge < -0.3 is 4.74 Å². The summed E-state index contributed by atoms with van der Waals surface area (Å²) in [4.78, 5) is 12.0. The van der Waals surface area contributed by atoms with Crippen LogP contribution in [0, 0.1) is 5.92 Å². The van der Waals surface area contributed by atoms with Gasteiger partial charge in [0.05, 0.1) is 6.42 Å². The standard InChI is InChI=1S/C18H22O2/c1-13(2)16-10-9-14(3)17(12-16)20-18(19)11-15-7-5-4-6-8-15/h4-9,16-17H,1,10-12H2,2-3H3/t16-,17+/m1/s1. The van der Waals surface area contributed by atoms with Crippen molar-refractivity contribution in [1.82, 2.24) is 0 Å². The Bertz CT molecular complexity index is 513. The zero-order valence-corrected chi connectivity index (χ0v) is 12.3. The molecule has 0 aromatic heterocycles. The first kappa shape index (κ1) is 14.6. The molecule has 1 aliphatic carbocycles. The molecule has 2 atom stereocenters. The highest BCUT2D eigenvalue weighted by atomic mass is 16.5. The molecule has 0 fully saturated rings. The Hall–Kier alpha value is -1.83. The van der Waals surface area contributed by atoms with Gasteiger partial charge in [0.2, 0.25) is 0 Å². The van der Waals surface area contributed by atoms with E-state index in [-0.39, 0.29) is 12.1 Å². The van der Waals surface area contributed by atoms with Crippen LogP contribution in [-0.4, -0.2) is 12.1 Å². The third kappa shape index (κ3) is 3.83. The topological polar surface area (TPSA) is 26.3 Å². The second-order valence-corrected chi connectivity index (χ2v) is 5.60. The van der Waals surface area contributed by atoms with Crippen LogP contribution in [0.5, 0.6) is 0 Å². The van der Waals surface area contributed by atoms with Gasteiger partial charge in [-0.25, -0.2) is 0 Å². The van der Waals surface area contributed by atoms with Crippen molar-refractivity contribution in [3.05, 3.63) is 59.7 Å². The van der Waals surface area contributed by atoms with E-state index in [1.165, 1.54) is 0 Å². The van der Waals surface area contributed by atoms with E-state index in [2.05, 4.69) is 12.7 Å². The lowest BCUT2D eigenvalue weighted by molar-refractivity contribution is -0.147. The van der Waals surface area contributed by atoms with Crippen LogP contribution in [0.4, 0.5) is 0 Å². The smallest absolute Gasteiger partial charge is 0.310 e. The van der Waals surface area contributed by atoms with Crippen molar-refractivity contribution in [2.45, 2.75) is 39.2 Å². The highest BCUT2D eigenvalue weighted by Crippen LogP contribution is 2.30. The lowest BCUT2D eigenvalue weighted by Crippen LogP contribution is -2.26. The SMILES string of the molecule is C=C(C)[C@@H]1CC=C(C)[C@@H](OC(=O)Cc2ccccc2)C1. The maximum absolute atomic E-state index is 12.0. The summed E-state index contributed by atoms with van der Waals surface area (Å²) < 4.78 is 5.64. The average molecular weight is 270 g/mol. The van der Waals surface area contributed by atoms with Crippen molar-refractivity contribution in [3.63, 3.8) is 0 Å². The fourth-order valence-corrected chi connectivity index (χ4v) is 2.51. The summed E-state index contributed by atoms with van der Waals surface area (Å²) in [7, 11) is 0. The number of hydrogen-bond acceptors (Lipinski definition) is 2. The van der Waals surface area contributed by atoms with E-state index in [9.17, 15) is 4.79 Å². The van der Waals surface area contributed by atoms with Gasteiger partial charge in [0, 0.05) is 0 Å². The molecule has 0 saturated heterocycles. The number of rotatable bonds is 4. The van der Waals surface area contributed by atoms with Crippen LogP contribution >= 0.6 is 0 Å². The first-order valence-electron chi connectivity index (χ1n) is 7.11. The van der Waals surface area contributed by atoms with Gasteiger partial charge in [0.25, 0.3) is 0 Å². The largest absolute Gasteiger partial charge is 0.458 e. The number of ether oxygens (including phenoxy) is 1. The van der Waals surface area contributed by atoms with Gasteiger partial charge in [-0.1, -0.05) is 48.6 Å². The molecule has 1 aromatic carbocycles. The Labute approximate surface area is 121 Å². The Kier molecular flexibility index (Phi) is 4.78. The molecule has 0 spiro atoms. The Morgan fingerprint density at radius 3 is 2.70 bits per heavy atom. The van der Waals surface area contributed by atoms with Crippen LogP contribution in [0.2, 0.25) is 0 Å². The molecule has 2 nitrogen and oxygen atoms in total. The summed E-state index contributed by atoms with van der Waals surface area (Å²) in [5.41, 5.74) is 3.31. The van der Waals surface area contributed by atoms with Crippen molar-refractivity contribution < 1.29 is 9.53 Å². The van der Waals surface area contributed by atoms with Crippen molar-refractivity contribution in [3.8, 4) is 0 Å². The van der Waals surface area contributed by atoms with Gasteiger partial charge >= 0.3 is 5.97 Å². The second kappa shape index (κ2) is 6.56. The number of hydrogen-bond donors (Lipinski definition) is 0. The summed E-state index contributed by atoms with van der Waals surface area (Å²) in [6, 6.07) is 9.71. The molecule has 0 N–H and O–H groups in total. The zero-order valence-electron chi connectivity index (χ0n) is 12.3. The van der Waals surface area contributed by atoms with Crippen LogP contribution in [-0.2, 0) is 16.0 Å². The first-order chi connectivity index (χ1) is 9.56. The molecule has 0 unspecified atom stereocenters. The number of benzene rings is 1. The molecule has 0 radical (unpaired) electrons. The van der Waals surface area contributed by atoms with E-state index >= 15 is 0 Å². The molecule has 0 heterocycles. The second-order valence-electron chi connectivity index (χ2n) is 5.60. The van der Waals surface area contributed by atoms with Crippen LogP contribution in [0.1, 0.15) is 32.3 Å². The van der Waals surface area contributed by atoms with Crippen LogP contribution in [0.25, 0.3) is 0 Å². The van der Waals surface area contributed by atoms with E-state index in [1.54, 1.807) is 0 Å². The average Bonchev–Trinajstić information content (AvgIpc) is 2.42. The maximum Gasteiger partial charge on any atom is 0.310 e. The van der Waals surface area contributed by atoms with Crippen molar-refractivity contribution >= 4 is 5.97 Å². The molecule has 0 amide bonds. The van der Waals surface area contributed by atoms with E-state index in [4.69, 9.17) is 4.74 Å². The van der Waals surface area contributed by atoms with Gasteiger partial charge in [0.1, 0.15) is 6.10 Å². The lowest BCUT2D eigenvalue weighted by atomic mass is 9.84. The number of carbonyl (C=O) groups is 1. The van der Waals surface area contributed by atoms with Crippen LogP contribution in [0.15, 0.2) is 54.1 Å². The third-order valence-electron chi connectivity index (χ3n) is 3.89. The van der Waals surface area contributed by atoms with Crippen molar-refractivity contribution in [2.75, 3.05) is 0 Å². The first-order valence-corrected chi connectivity index (χ1v) is 7.11. The van der Waals surface area contributed by atoms with Crippen LogP contribution in [0.3, 0.4) is 0 Å². The minimum absolute atomic E-state index is 0.0957. The highest BCUT2D eigenvalue weighted by Gasteiger charge is 2.25. The molecule has 1 aliphatic rings. The molecule has 20 heavy (non-hydrogen) atoms. The van der Waals surface area contributed by atoms with Crippen LogP contribution < -0.4 is 0 Å². The predicted octanol–water partition coefficient (Wildman–Crippen LogP) is 4.07. The Morgan fingerprint density at radius 2 is 2.05 bits per heavy atom. The number of esters is 1. The molecular formula is C18H22O2. The van der Waals surface area contributed by atoms with E-state index < -0.39 is 0 Å². The van der Waals surface area contributed by atoms with Gasteiger partial charge in [-0.3, -0.25) is 4.79 Å². The summed E-state index contributed by atoms with van der Waals surface area (Å²) in [6.07, 6.45) is 4.28. The maximum atomic E-state index is 12.0. The minimum atomic E-state index is -0.156. The van der Waals surface area contributed by atoms with Gasteiger partial charge in [0.15, 0.2) is 0 Å². The molecular weight excluding hydrogens is 248 g/mol. The molecule has 0 aliphatic heterocycles. The molecule has 106 valence electrons. The third-order valence-corrected chi connectivity index (χ3v) is 3.89. The van der Waals surface area contributed by atoms with E-state index in [1.807, 2.05) is 44.2 Å². The monoisotopic (exact) mass is 270 g/mol.